The minimum absolute atomic E-state index is 0.121. The van der Waals surface area contributed by atoms with E-state index in [0.717, 1.165) is 26.1 Å². The summed E-state index contributed by atoms with van der Waals surface area (Å²) in [4.78, 5) is 14.4. The highest BCUT2D eigenvalue weighted by Crippen LogP contribution is 2.34. The zero-order valence-electron chi connectivity index (χ0n) is 12.6. The maximum absolute atomic E-state index is 11.9. The lowest BCUT2D eigenvalue weighted by Gasteiger charge is -2.37. The van der Waals surface area contributed by atoms with E-state index < -0.39 is 0 Å². The number of likely N-dealkylation sites (tertiary alicyclic amines) is 1. The van der Waals surface area contributed by atoms with Crippen molar-refractivity contribution in [2.75, 3.05) is 26.2 Å². The molecule has 2 aliphatic rings. The Balaban J connectivity index is 1.51. The summed E-state index contributed by atoms with van der Waals surface area (Å²) in [7, 11) is 0. The van der Waals surface area contributed by atoms with Gasteiger partial charge in [-0.05, 0) is 32.7 Å². The summed E-state index contributed by atoms with van der Waals surface area (Å²) in [5.41, 5.74) is 0. The van der Waals surface area contributed by atoms with Crippen molar-refractivity contribution in [1.29, 1.82) is 0 Å². The van der Waals surface area contributed by atoms with E-state index in [1.165, 1.54) is 6.20 Å². The third-order valence-electron chi connectivity index (χ3n) is 4.68. The zero-order chi connectivity index (χ0) is 14.8. The van der Waals surface area contributed by atoms with Crippen molar-refractivity contribution in [1.82, 2.24) is 15.4 Å². The van der Waals surface area contributed by atoms with Gasteiger partial charge in [0.25, 0.3) is 5.91 Å². The average molecular weight is 293 g/mol. The van der Waals surface area contributed by atoms with Crippen LogP contribution in [0.4, 0.5) is 0 Å². The minimum atomic E-state index is -0.223. The molecule has 2 fully saturated rings. The number of aromatic nitrogens is 1. The molecule has 0 radical (unpaired) electrons. The first-order chi connectivity index (χ1) is 10.1. The topological polar surface area (TPSA) is 67.6 Å². The summed E-state index contributed by atoms with van der Waals surface area (Å²) in [6, 6.07) is 2.16. The van der Waals surface area contributed by atoms with E-state index in [1.54, 1.807) is 6.07 Å². The molecule has 6 heteroatoms. The van der Waals surface area contributed by atoms with E-state index in [2.05, 4.69) is 29.2 Å². The molecule has 3 rings (SSSR count). The first-order valence-corrected chi connectivity index (χ1v) is 7.69. The molecule has 6 nitrogen and oxygen atoms in total. The molecule has 2 saturated heterocycles. The van der Waals surface area contributed by atoms with Gasteiger partial charge in [0.2, 0.25) is 5.76 Å². The van der Waals surface area contributed by atoms with E-state index in [1.807, 2.05) is 0 Å². The number of nitrogens with one attached hydrogen (secondary N) is 1. The molecule has 3 atom stereocenters. The number of carbonyl (C=O) groups excluding carboxylic acids is 1. The summed E-state index contributed by atoms with van der Waals surface area (Å²) in [6.45, 7) is 8.05. The molecule has 21 heavy (non-hydrogen) atoms. The molecular formula is C15H23N3O3. The van der Waals surface area contributed by atoms with Crippen molar-refractivity contribution in [3.8, 4) is 0 Å². The second-order valence-electron chi connectivity index (χ2n) is 6.26. The van der Waals surface area contributed by atoms with Crippen molar-refractivity contribution in [2.45, 2.75) is 32.4 Å². The Morgan fingerprint density at radius 1 is 1.57 bits per heavy atom. The summed E-state index contributed by atoms with van der Waals surface area (Å²) < 4.78 is 10.8. The van der Waals surface area contributed by atoms with E-state index in [-0.39, 0.29) is 17.8 Å². The normalized spacial score (nSPS) is 29.6. The van der Waals surface area contributed by atoms with Gasteiger partial charge in [0.15, 0.2) is 0 Å². The van der Waals surface area contributed by atoms with Crippen molar-refractivity contribution < 1.29 is 14.1 Å². The van der Waals surface area contributed by atoms with Crippen LogP contribution in [0.1, 0.15) is 30.8 Å². The molecule has 1 N–H and O–H groups in total. The van der Waals surface area contributed by atoms with Gasteiger partial charge >= 0.3 is 0 Å². The molecular weight excluding hydrogens is 270 g/mol. The SMILES string of the molecule is CC(C)N1CC[C@@H]2[C@@H](CO[C@H]2CNC(=O)c2ccno2)C1. The van der Waals surface area contributed by atoms with Gasteiger partial charge in [-0.1, -0.05) is 5.16 Å². The maximum Gasteiger partial charge on any atom is 0.289 e. The van der Waals surface area contributed by atoms with Crippen LogP contribution < -0.4 is 5.32 Å². The predicted octanol–water partition coefficient (Wildman–Crippen LogP) is 1.15. The van der Waals surface area contributed by atoms with Crippen LogP contribution in [-0.2, 0) is 4.74 Å². The molecule has 2 aliphatic heterocycles. The fraction of sp³-hybridized carbons (Fsp3) is 0.733. The molecule has 0 spiro atoms. The third-order valence-corrected chi connectivity index (χ3v) is 4.68. The zero-order valence-corrected chi connectivity index (χ0v) is 12.6. The Morgan fingerprint density at radius 2 is 2.43 bits per heavy atom. The number of carbonyl (C=O) groups is 1. The fourth-order valence-electron chi connectivity index (χ4n) is 3.41. The highest BCUT2D eigenvalue weighted by molar-refractivity contribution is 5.91. The monoisotopic (exact) mass is 293 g/mol. The third kappa shape index (κ3) is 3.11. The Morgan fingerprint density at radius 3 is 3.14 bits per heavy atom. The molecule has 0 saturated carbocycles. The number of hydrogen-bond acceptors (Lipinski definition) is 5. The number of piperidine rings is 1. The van der Waals surface area contributed by atoms with E-state index in [0.29, 0.717) is 24.4 Å². The van der Waals surface area contributed by atoms with Crippen LogP contribution in [0.2, 0.25) is 0 Å². The van der Waals surface area contributed by atoms with Crippen molar-refractivity contribution in [3.05, 3.63) is 18.0 Å². The Kier molecular flexibility index (Phi) is 4.26. The van der Waals surface area contributed by atoms with E-state index >= 15 is 0 Å². The second-order valence-corrected chi connectivity index (χ2v) is 6.26. The number of ether oxygens (including phenoxy) is 1. The molecule has 0 unspecified atom stereocenters. The van der Waals surface area contributed by atoms with Crippen molar-refractivity contribution in [3.63, 3.8) is 0 Å². The molecule has 0 aromatic carbocycles. The van der Waals surface area contributed by atoms with Crippen LogP contribution in [0.5, 0.6) is 0 Å². The largest absolute Gasteiger partial charge is 0.376 e. The molecule has 0 bridgehead atoms. The minimum Gasteiger partial charge on any atom is -0.376 e. The first-order valence-electron chi connectivity index (χ1n) is 7.69. The molecule has 3 heterocycles. The molecule has 1 aromatic heterocycles. The van der Waals surface area contributed by atoms with Crippen LogP contribution in [0.25, 0.3) is 0 Å². The van der Waals surface area contributed by atoms with Gasteiger partial charge in [-0.15, -0.1) is 0 Å². The molecule has 1 aromatic rings. The van der Waals surface area contributed by atoms with Crippen LogP contribution in [0, 0.1) is 11.8 Å². The number of amides is 1. The lowest BCUT2D eigenvalue weighted by Crippen LogP contribution is -2.46. The van der Waals surface area contributed by atoms with Gasteiger partial charge in [-0.25, -0.2) is 0 Å². The number of nitrogens with zero attached hydrogens (tertiary/aromatic N) is 2. The summed E-state index contributed by atoms with van der Waals surface area (Å²) >= 11 is 0. The van der Waals surface area contributed by atoms with Gasteiger partial charge < -0.3 is 19.5 Å². The van der Waals surface area contributed by atoms with Crippen LogP contribution in [0.15, 0.2) is 16.8 Å². The molecule has 1 amide bonds. The summed E-state index contributed by atoms with van der Waals surface area (Å²) in [5, 5.41) is 6.42. The van der Waals surface area contributed by atoms with Crippen molar-refractivity contribution in [2.24, 2.45) is 11.8 Å². The van der Waals surface area contributed by atoms with Crippen LogP contribution >= 0.6 is 0 Å². The van der Waals surface area contributed by atoms with Gasteiger partial charge in [0, 0.05) is 31.1 Å². The first kappa shape index (κ1) is 14.5. The highest BCUT2D eigenvalue weighted by atomic mass is 16.5. The smallest absolute Gasteiger partial charge is 0.289 e. The molecule has 0 aliphatic carbocycles. The number of fused-ring (bicyclic) bond motifs is 1. The highest BCUT2D eigenvalue weighted by Gasteiger charge is 2.41. The number of hydrogen-bond donors (Lipinski definition) is 1. The molecule has 116 valence electrons. The lowest BCUT2D eigenvalue weighted by molar-refractivity contribution is 0.0712. The lowest BCUT2D eigenvalue weighted by atomic mass is 9.84. The van der Waals surface area contributed by atoms with Gasteiger partial charge in [0.05, 0.1) is 18.9 Å². The average Bonchev–Trinajstić information content (AvgIpc) is 3.13. The van der Waals surface area contributed by atoms with Gasteiger partial charge in [-0.2, -0.15) is 0 Å². The van der Waals surface area contributed by atoms with Gasteiger partial charge in [-0.3, -0.25) is 4.79 Å². The quantitative estimate of drug-likeness (QED) is 0.902. The Labute approximate surface area is 124 Å². The fourth-order valence-corrected chi connectivity index (χ4v) is 3.41. The Hall–Kier alpha value is -1.40. The van der Waals surface area contributed by atoms with Crippen LogP contribution in [-0.4, -0.2) is 54.4 Å². The van der Waals surface area contributed by atoms with E-state index in [4.69, 9.17) is 9.26 Å². The van der Waals surface area contributed by atoms with E-state index in [9.17, 15) is 4.79 Å². The maximum atomic E-state index is 11.9. The Bertz CT molecular complexity index is 475. The van der Waals surface area contributed by atoms with Gasteiger partial charge in [0.1, 0.15) is 0 Å². The predicted molar refractivity (Wildman–Crippen MR) is 76.9 cm³/mol. The van der Waals surface area contributed by atoms with Crippen LogP contribution in [0.3, 0.4) is 0 Å². The summed E-state index contributed by atoms with van der Waals surface area (Å²) in [5.74, 6) is 1.17. The van der Waals surface area contributed by atoms with Crippen molar-refractivity contribution >= 4 is 5.91 Å². The second kappa shape index (κ2) is 6.15. The number of rotatable bonds is 4. The standard InChI is InChI=1S/C15H23N3O3/c1-10(2)18-6-4-12-11(8-18)9-20-14(12)7-16-15(19)13-3-5-17-21-13/h3,5,10-12,14H,4,6-9H2,1-2H3,(H,16,19)/t11-,12-,14+/m1/s1. The summed E-state index contributed by atoms with van der Waals surface area (Å²) in [6.07, 6.45) is 2.74.